The third-order valence-electron chi connectivity index (χ3n) is 3.02. The zero-order valence-electron chi connectivity index (χ0n) is 16.1. The molecule has 0 radical (unpaired) electrons. The lowest BCUT2D eigenvalue weighted by Crippen LogP contribution is -2.50. The molecular weight excluding hydrogens is 350 g/mol. The smallest absolute Gasteiger partial charge is 0.355 e. The van der Waals surface area contributed by atoms with Gasteiger partial charge >= 0.3 is 12.0 Å². The van der Waals surface area contributed by atoms with Gasteiger partial charge in [-0.2, -0.15) is 0 Å². The number of hydrogen-bond donors (Lipinski definition) is 3. The third kappa shape index (κ3) is 8.66. The van der Waals surface area contributed by atoms with E-state index in [1.165, 1.54) is 19.9 Å². The molecule has 0 heterocycles. The number of carbonyl (C=O) groups excluding carboxylic acids is 4. The molecule has 1 rings (SSSR count). The average molecular weight is 375 g/mol. The SMILES string of the molecule is CC(=O)N/C(=C\c1ccccc1)C(=O)O[C@H](C)C(=O)NC(=O)NC(C)(C)C. The van der Waals surface area contributed by atoms with Crippen LogP contribution in [0.15, 0.2) is 36.0 Å². The van der Waals surface area contributed by atoms with Crippen molar-refractivity contribution in [2.24, 2.45) is 0 Å². The summed E-state index contributed by atoms with van der Waals surface area (Å²) in [6.07, 6.45) is 0.192. The Morgan fingerprint density at radius 2 is 1.63 bits per heavy atom. The second-order valence-electron chi connectivity index (χ2n) is 6.89. The maximum Gasteiger partial charge on any atom is 0.355 e. The van der Waals surface area contributed by atoms with Crippen molar-refractivity contribution in [3.05, 3.63) is 41.6 Å². The van der Waals surface area contributed by atoms with Gasteiger partial charge in [-0.1, -0.05) is 30.3 Å². The molecule has 0 saturated carbocycles. The quantitative estimate of drug-likeness (QED) is 0.536. The van der Waals surface area contributed by atoms with Gasteiger partial charge in [-0.05, 0) is 39.3 Å². The molecule has 0 aromatic heterocycles. The minimum Gasteiger partial charge on any atom is -0.448 e. The molecule has 0 unspecified atom stereocenters. The molecule has 0 fully saturated rings. The molecule has 0 saturated heterocycles. The molecule has 0 aliphatic rings. The molecule has 4 amide bonds. The van der Waals surface area contributed by atoms with Gasteiger partial charge in [-0.25, -0.2) is 9.59 Å². The predicted molar refractivity (Wildman–Crippen MR) is 100 cm³/mol. The number of amides is 4. The molecular formula is C19H25N3O5. The number of nitrogens with one attached hydrogen (secondary N) is 3. The zero-order chi connectivity index (χ0) is 20.6. The molecule has 27 heavy (non-hydrogen) atoms. The largest absolute Gasteiger partial charge is 0.448 e. The van der Waals surface area contributed by atoms with Crippen LogP contribution in [0.1, 0.15) is 40.2 Å². The van der Waals surface area contributed by atoms with E-state index < -0.39 is 35.5 Å². The lowest BCUT2D eigenvalue weighted by Gasteiger charge is -2.21. The molecule has 3 N–H and O–H groups in total. The fourth-order valence-electron chi connectivity index (χ4n) is 1.91. The Hall–Kier alpha value is -3.16. The second-order valence-corrected chi connectivity index (χ2v) is 6.89. The maximum absolute atomic E-state index is 12.3. The zero-order valence-corrected chi connectivity index (χ0v) is 16.1. The number of carbonyl (C=O) groups is 4. The normalized spacial score (nSPS) is 12.6. The topological polar surface area (TPSA) is 114 Å². The first kappa shape index (κ1) is 21.9. The molecule has 0 spiro atoms. The van der Waals surface area contributed by atoms with Gasteiger partial charge in [-0.15, -0.1) is 0 Å². The Labute approximate surface area is 158 Å². The number of benzene rings is 1. The first-order chi connectivity index (χ1) is 12.5. The van der Waals surface area contributed by atoms with E-state index in [1.54, 1.807) is 45.0 Å². The standard InChI is InChI=1S/C19H25N3O5/c1-12(16(24)21-18(26)22-19(3,4)5)27-17(25)15(20-13(2)23)11-14-9-7-6-8-10-14/h6-12H,1-5H3,(H,20,23)(H2,21,22,24,26)/b15-11-/t12-/m1/s1. The first-order valence-corrected chi connectivity index (χ1v) is 8.36. The summed E-state index contributed by atoms with van der Waals surface area (Å²) in [7, 11) is 0. The van der Waals surface area contributed by atoms with E-state index in [4.69, 9.17) is 4.74 Å². The first-order valence-electron chi connectivity index (χ1n) is 8.36. The van der Waals surface area contributed by atoms with Crippen LogP contribution in [0, 0.1) is 0 Å². The Morgan fingerprint density at radius 3 is 2.15 bits per heavy atom. The Bertz CT molecular complexity index is 735. The summed E-state index contributed by atoms with van der Waals surface area (Å²) in [5.74, 6) is -2.14. The van der Waals surface area contributed by atoms with Gasteiger partial charge in [-0.3, -0.25) is 14.9 Å². The highest BCUT2D eigenvalue weighted by Crippen LogP contribution is 2.08. The second kappa shape index (κ2) is 9.51. The van der Waals surface area contributed by atoms with Gasteiger partial charge < -0.3 is 15.4 Å². The maximum atomic E-state index is 12.3. The summed E-state index contributed by atoms with van der Waals surface area (Å²) in [6.45, 7) is 7.85. The number of imide groups is 1. The number of rotatable bonds is 5. The highest BCUT2D eigenvalue weighted by molar-refractivity contribution is 6.01. The molecule has 0 bridgehead atoms. The minimum absolute atomic E-state index is 0.118. The highest BCUT2D eigenvalue weighted by Gasteiger charge is 2.24. The molecule has 1 aromatic carbocycles. The predicted octanol–water partition coefficient (Wildman–Crippen LogP) is 1.72. The molecule has 8 heteroatoms. The van der Waals surface area contributed by atoms with Crippen molar-refractivity contribution in [2.75, 3.05) is 0 Å². The van der Waals surface area contributed by atoms with Gasteiger partial charge in [0.15, 0.2) is 6.10 Å². The lowest BCUT2D eigenvalue weighted by molar-refractivity contribution is -0.151. The third-order valence-corrected chi connectivity index (χ3v) is 3.02. The van der Waals surface area contributed by atoms with Crippen LogP contribution in [0.3, 0.4) is 0 Å². The van der Waals surface area contributed by atoms with Crippen LogP contribution < -0.4 is 16.0 Å². The van der Waals surface area contributed by atoms with Crippen molar-refractivity contribution in [1.82, 2.24) is 16.0 Å². The van der Waals surface area contributed by atoms with E-state index in [0.717, 1.165) is 0 Å². The number of ether oxygens (including phenoxy) is 1. The van der Waals surface area contributed by atoms with Gasteiger partial charge in [0.05, 0.1) is 0 Å². The van der Waals surface area contributed by atoms with E-state index in [9.17, 15) is 19.2 Å². The van der Waals surface area contributed by atoms with E-state index in [2.05, 4.69) is 16.0 Å². The summed E-state index contributed by atoms with van der Waals surface area (Å²) in [5.41, 5.74) is 0.0220. The fourth-order valence-corrected chi connectivity index (χ4v) is 1.91. The average Bonchev–Trinajstić information content (AvgIpc) is 2.52. The van der Waals surface area contributed by atoms with Crippen molar-refractivity contribution in [2.45, 2.75) is 46.3 Å². The van der Waals surface area contributed by atoms with E-state index in [0.29, 0.717) is 5.56 Å². The summed E-state index contributed by atoms with van der Waals surface area (Å²) in [4.78, 5) is 47.4. The van der Waals surface area contributed by atoms with E-state index in [-0.39, 0.29) is 5.70 Å². The minimum atomic E-state index is -1.24. The van der Waals surface area contributed by atoms with Crippen LogP contribution >= 0.6 is 0 Å². The van der Waals surface area contributed by atoms with Crippen molar-refractivity contribution in [3.63, 3.8) is 0 Å². The van der Waals surface area contributed by atoms with Gasteiger partial charge in [0.2, 0.25) is 5.91 Å². The van der Waals surface area contributed by atoms with Crippen LogP contribution in [-0.4, -0.2) is 35.5 Å². The van der Waals surface area contributed by atoms with Gasteiger partial charge in [0.1, 0.15) is 5.70 Å². The molecule has 0 aliphatic heterocycles. The van der Waals surface area contributed by atoms with Crippen LogP contribution in [0.4, 0.5) is 4.79 Å². The number of hydrogen-bond acceptors (Lipinski definition) is 5. The molecule has 1 aromatic rings. The summed E-state index contributed by atoms with van der Waals surface area (Å²) in [6, 6.07) is 8.13. The van der Waals surface area contributed by atoms with Crippen LogP contribution in [0.5, 0.6) is 0 Å². The van der Waals surface area contributed by atoms with E-state index in [1.807, 2.05) is 6.07 Å². The summed E-state index contributed by atoms with van der Waals surface area (Å²) < 4.78 is 5.06. The van der Waals surface area contributed by atoms with Gasteiger partial charge in [0.25, 0.3) is 5.91 Å². The molecule has 8 nitrogen and oxygen atoms in total. The molecule has 1 atom stereocenters. The molecule has 146 valence electrons. The van der Waals surface area contributed by atoms with Crippen LogP contribution in [0.25, 0.3) is 6.08 Å². The van der Waals surface area contributed by atoms with E-state index >= 15 is 0 Å². The van der Waals surface area contributed by atoms with Crippen molar-refractivity contribution < 1.29 is 23.9 Å². The van der Waals surface area contributed by atoms with Crippen molar-refractivity contribution >= 4 is 29.9 Å². The van der Waals surface area contributed by atoms with Crippen LogP contribution in [0.2, 0.25) is 0 Å². The Kier molecular flexibility index (Phi) is 7.71. The fraction of sp³-hybridized carbons (Fsp3) is 0.368. The summed E-state index contributed by atoms with van der Waals surface area (Å²) >= 11 is 0. The Balaban J connectivity index is 2.79. The lowest BCUT2D eigenvalue weighted by atomic mass is 10.1. The van der Waals surface area contributed by atoms with Crippen molar-refractivity contribution in [1.29, 1.82) is 0 Å². The van der Waals surface area contributed by atoms with Gasteiger partial charge in [0, 0.05) is 12.5 Å². The summed E-state index contributed by atoms with van der Waals surface area (Å²) in [5, 5.41) is 7.04. The highest BCUT2D eigenvalue weighted by atomic mass is 16.5. The Morgan fingerprint density at radius 1 is 1.04 bits per heavy atom. The number of esters is 1. The van der Waals surface area contributed by atoms with Crippen LogP contribution in [-0.2, 0) is 19.1 Å². The molecule has 0 aliphatic carbocycles. The monoisotopic (exact) mass is 375 g/mol. The van der Waals surface area contributed by atoms with Crippen molar-refractivity contribution in [3.8, 4) is 0 Å². The number of urea groups is 1.